The Morgan fingerprint density at radius 2 is 1.96 bits per heavy atom. The van der Waals surface area contributed by atoms with Crippen molar-refractivity contribution in [2.75, 3.05) is 33.4 Å². The molecule has 0 aliphatic carbocycles. The lowest BCUT2D eigenvalue weighted by molar-refractivity contribution is -0.0174. The average molecular weight is 454 g/mol. The molecule has 6 heteroatoms. The van der Waals surface area contributed by atoms with Crippen LogP contribution < -0.4 is 10.6 Å². The zero-order valence-corrected chi connectivity index (χ0v) is 18.8. The van der Waals surface area contributed by atoms with E-state index in [4.69, 9.17) is 4.74 Å². The molecule has 24 heavy (non-hydrogen) atoms. The maximum Gasteiger partial charge on any atom is 0.191 e. The summed E-state index contributed by atoms with van der Waals surface area (Å²) in [6.45, 7) is 14.9. The van der Waals surface area contributed by atoms with Gasteiger partial charge < -0.3 is 15.4 Å². The molecule has 1 aliphatic heterocycles. The molecule has 1 rings (SSSR count). The summed E-state index contributed by atoms with van der Waals surface area (Å²) in [5, 5.41) is 6.98. The number of halogens is 1. The fourth-order valence-electron chi connectivity index (χ4n) is 3.09. The minimum absolute atomic E-state index is 0. The summed E-state index contributed by atoms with van der Waals surface area (Å²) in [6.07, 6.45) is 3.75. The topological polar surface area (TPSA) is 48.9 Å². The first kappa shape index (κ1) is 23.9. The van der Waals surface area contributed by atoms with Crippen molar-refractivity contribution >= 4 is 29.9 Å². The van der Waals surface area contributed by atoms with Gasteiger partial charge in [-0.2, -0.15) is 0 Å². The molecule has 0 aromatic rings. The van der Waals surface area contributed by atoms with E-state index in [1.165, 1.54) is 19.3 Å². The SMILES string of the molecule is CN=C(NCC(C)N1CCOCC1C)NC(C)CCCC(C)C.I. The summed E-state index contributed by atoms with van der Waals surface area (Å²) in [5.41, 5.74) is 0. The quantitative estimate of drug-likeness (QED) is 0.336. The lowest BCUT2D eigenvalue weighted by atomic mass is 10.0. The van der Waals surface area contributed by atoms with Gasteiger partial charge in [0.05, 0.1) is 13.2 Å². The molecule has 1 saturated heterocycles. The highest BCUT2D eigenvalue weighted by atomic mass is 127. The molecule has 2 N–H and O–H groups in total. The van der Waals surface area contributed by atoms with Gasteiger partial charge in [-0.15, -0.1) is 24.0 Å². The van der Waals surface area contributed by atoms with E-state index in [1.54, 1.807) is 0 Å². The van der Waals surface area contributed by atoms with Crippen LogP contribution >= 0.6 is 24.0 Å². The van der Waals surface area contributed by atoms with Crippen molar-refractivity contribution in [3.8, 4) is 0 Å². The molecule has 144 valence electrons. The summed E-state index contributed by atoms with van der Waals surface area (Å²) in [7, 11) is 1.85. The van der Waals surface area contributed by atoms with Crippen molar-refractivity contribution in [3.05, 3.63) is 0 Å². The first-order chi connectivity index (χ1) is 10.9. The maximum atomic E-state index is 5.52. The highest BCUT2D eigenvalue weighted by Crippen LogP contribution is 2.10. The fourth-order valence-corrected chi connectivity index (χ4v) is 3.09. The van der Waals surface area contributed by atoms with Gasteiger partial charge in [0.1, 0.15) is 0 Å². The van der Waals surface area contributed by atoms with Gasteiger partial charge >= 0.3 is 0 Å². The zero-order valence-electron chi connectivity index (χ0n) is 16.5. The summed E-state index contributed by atoms with van der Waals surface area (Å²) < 4.78 is 5.52. The summed E-state index contributed by atoms with van der Waals surface area (Å²) in [5.74, 6) is 1.70. The Bertz CT molecular complexity index is 352. The van der Waals surface area contributed by atoms with Crippen molar-refractivity contribution in [2.24, 2.45) is 10.9 Å². The molecule has 3 unspecified atom stereocenters. The largest absolute Gasteiger partial charge is 0.379 e. The Labute approximate surface area is 166 Å². The van der Waals surface area contributed by atoms with Crippen LogP contribution in [0.25, 0.3) is 0 Å². The van der Waals surface area contributed by atoms with E-state index in [1.807, 2.05) is 7.05 Å². The molecule has 0 aromatic heterocycles. The summed E-state index contributed by atoms with van der Waals surface area (Å²) in [4.78, 5) is 6.87. The number of hydrogen-bond donors (Lipinski definition) is 2. The van der Waals surface area contributed by atoms with E-state index in [0.717, 1.165) is 38.2 Å². The second kappa shape index (κ2) is 13.2. The zero-order chi connectivity index (χ0) is 17.2. The van der Waals surface area contributed by atoms with Crippen LogP contribution in [0.4, 0.5) is 0 Å². The third-order valence-corrected chi connectivity index (χ3v) is 4.58. The molecule has 0 bridgehead atoms. The predicted molar refractivity (Wildman–Crippen MR) is 115 cm³/mol. The minimum atomic E-state index is 0. The van der Waals surface area contributed by atoms with Gasteiger partial charge in [0.2, 0.25) is 0 Å². The Kier molecular flexibility index (Phi) is 13.1. The van der Waals surface area contributed by atoms with Crippen LogP contribution in [0.5, 0.6) is 0 Å². The second-order valence-corrected chi connectivity index (χ2v) is 7.33. The van der Waals surface area contributed by atoms with Crippen molar-refractivity contribution < 1.29 is 4.74 Å². The van der Waals surface area contributed by atoms with Gasteiger partial charge in [0.25, 0.3) is 0 Å². The first-order valence-electron chi connectivity index (χ1n) is 9.24. The van der Waals surface area contributed by atoms with E-state index in [0.29, 0.717) is 18.1 Å². The molecule has 1 aliphatic rings. The smallest absolute Gasteiger partial charge is 0.191 e. The number of hydrogen-bond acceptors (Lipinski definition) is 3. The molecular formula is C18H39IN4O. The Morgan fingerprint density at radius 3 is 2.54 bits per heavy atom. The van der Waals surface area contributed by atoms with Crippen LogP contribution in [-0.4, -0.2) is 62.3 Å². The van der Waals surface area contributed by atoms with Gasteiger partial charge in [-0.1, -0.05) is 26.7 Å². The Balaban J connectivity index is 0.00000529. The number of morpholine rings is 1. The molecule has 1 fully saturated rings. The van der Waals surface area contributed by atoms with Crippen LogP contribution in [0.3, 0.4) is 0 Å². The van der Waals surface area contributed by atoms with E-state index in [-0.39, 0.29) is 24.0 Å². The van der Waals surface area contributed by atoms with Crippen LogP contribution in [0.2, 0.25) is 0 Å². The van der Waals surface area contributed by atoms with E-state index < -0.39 is 0 Å². The first-order valence-corrected chi connectivity index (χ1v) is 9.24. The lowest BCUT2D eigenvalue weighted by Gasteiger charge is -2.38. The number of aliphatic imine (C=N–C) groups is 1. The number of ether oxygens (including phenoxy) is 1. The highest BCUT2D eigenvalue weighted by molar-refractivity contribution is 14.0. The predicted octanol–water partition coefficient (Wildman–Crippen LogP) is 3.09. The van der Waals surface area contributed by atoms with E-state index in [2.05, 4.69) is 55.1 Å². The number of nitrogens with zero attached hydrogens (tertiary/aromatic N) is 2. The van der Waals surface area contributed by atoms with Crippen molar-refractivity contribution in [1.29, 1.82) is 0 Å². The molecule has 5 nitrogen and oxygen atoms in total. The average Bonchev–Trinajstić information content (AvgIpc) is 2.51. The van der Waals surface area contributed by atoms with Crippen molar-refractivity contribution in [1.82, 2.24) is 15.5 Å². The van der Waals surface area contributed by atoms with E-state index >= 15 is 0 Å². The van der Waals surface area contributed by atoms with E-state index in [9.17, 15) is 0 Å². The fraction of sp³-hybridized carbons (Fsp3) is 0.944. The number of guanidine groups is 1. The number of rotatable bonds is 8. The molecular weight excluding hydrogens is 415 g/mol. The van der Waals surface area contributed by atoms with Gasteiger partial charge in [0.15, 0.2) is 5.96 Å². The molecule has 0 spiro atoms. The summed E-state index contributed by atoms with van der Waals surface area (Å²) >= 11 is 0. The van der Waals surface area contributed by atoms with Crippen LogP contribution in [0.1, 0.15) is 53.9 Å². The molecule has 0 amide bonds. The standard InChI is InChI=1S/C18H38N4O.HI/c1-14(2)8-7-9-15(3)21-18(19-6)20-12-16(4)22-10-11-23-13-17(22)5;/h14-17H,7-13H2,1-6H3,(H2,19,20,21);1H. The van der Waals surface area contributed by atoms with Crippen LogP contribution in [0, 0.1) is 5.92 Å². The lowest BCUT2D eigenvalue weighted by Crippen LogP contribution is -2.53. The van der Waals surface area contributed by atoms with Gasteiger partial charge in [0, 0.05) is 38.3 Å². The Hall–Kier alpha value is -0.0800. The third-order valence-electron chi connectivity index (χ3n) is 4.58. The monoisotopic (exact) mass is 454 g/mol. The highest BCUT2D eigenvalue weighted by Gasteiger charge is 2.23. The normalized spacial score (nSPS) is 22.0. The molecule has 3 atom stereocenters. The molecule has 0 saturated carbocycles. The van der Waals surface area contributed by atoms with Crippen LogP contribution in [-0.2, 0) is 4.74 Å². The van der Waals surface area contributed by atoms with Gasteiger partial charge in [-0.05, 0) is 33.1 Å². The molecule has 0 radical (unpaired) electrons. The molecule has 1 heterocycles. The second-order valence-electron chi connectivity index (χ2n) is 7.33. The van der Waals surface area contributed by atoms with Gasteiger partial charge in [-0.25, -0.2) is 0 Å². The third kappa shape index (κ3) is 9.42. The minimum Gasteiger partial charge on any atom is -0.379 e. The summed E-state index contributed by atoms with van der Waals surface area (Å²) in [6, 6.07) is 1.42. The van der Waals surface area contributed by atoms with Crippen LogP contribution in [0.15, 0.2) is 4.99 Å². The van der Waals surface area contributed by atoms with Gasteiger partial charge in [-0.3, -0.25) is 9.89 Å². The maximum absolute atomic E-state index is 5.52. The molecule has 0 aromatic carbocycles. The van der Waals surface area contributed by atoms with Crippen molar-refractivity contribution in [2.45, 2.75) is 72.0 Å². The number of nitrogens with one attached hydrogen (secondary N) is 2. The van der Waals surface area contributed by atoms with Crippen molar-refractivity contribution in [3.63, 3.8) is 0 Å². The Morgan fingerprint density at radius 1 is 1.25 bits per heavy atom.